The second kappa shape index (κ2) is 7.92. The van der Waals surface area contributed by atoms with Crippen molar-refractivity contribution >= 4 is 6.29 Å². The van der Waals surface area contributed by atoms with Gasteiger partial charge in [-0.05, 0) is 105 Å². The fourth-order valence-corrected chi connectivity index (χ4v) is 8.76. The number of hydrogen-bond acceptors (Lipinski definition) is 1. The number of aldehydes is 1. The summed E-state index contributed by atoms with van der Waals surface area (Å²) in [7, 11) is 0. The molecule has 3 saturated carbocycles. The number of hydrogen-bond donors (Lipinski definition) is 0. The fraction of sp³-hybridized carbons (Fsp3) is 0.889. The molecule has 0 heterocycles. The van der Waals surface area contributed by atoms with Crippen molar-refractivity contribution in [1.29, 1.82) is 0 Å². The summed E-state index contributed by atoms with van der Waals surface area (Å²) in [4.78, 5) is 10.9. The van der Waals surface area contributed by atoms with Crippen LogP contribution in [0, 0.1) is 46.3 Å². The average molecular weight is 385 g/mol. The monoisotopic (exact) mass is 384 g/mol. The first-order valence-electron chi connectivity index (χ1n) is 12.5. The number of fused-ring (bicyclic) bond motifs is 5. The van der Waals surface area contributed by atoms with Crippen LogP contribution in [0.5, 0.6) is 0 Å². The van der Waals surface area contributed by atoms with Crippen LogP contribution in [-0.2, 0) is 4.79 Å². The lowest BCUT2D eigenvalue weighted by atomic mass is 9.46. The predicted molar refractivity (Wildman–Crippen MR) is 118 cm³/mol. The van der Waals surface area contributed by atoms with E-state index in [0.29, 0.717) is 10.8 Å². The summed E-state index contributed by atoms with van der Waals surface area (Å²) >= 11 is 0. The Morgan fingerprint density at radius 1 is 1.07 bits per heavy atom. The molecule has 1 heteroatoms. The van der Waals surface area contributed by atoms with E-state index in [-0.39, 0.29) is 5.92 Å². The van der Waals surface area contributed by atoms with Crippen molar-refractivity contribution in [3.63, 3.8) is 0 Å². The lowest BCUT2D eigenvalue weighted by Gasteiger charge is -2.58. The first-order chi connectivity index (χ1) is 13.4. The summed E-state index contributed by atoms with van der Waals surface area (Å²) in [6, 6.07) is 0. The van der Waals surface area contributed by atoms with Crippen LogP contribution in [0.4, 0.5) is 0 Å². The zero-order valence-electron chi connectivity index (χ0n) is 19.0. The quantitative estimate of drug-likeness (QED) is 0.340. The summed E-state index contributed by atoms with van der Waals surface area (Å²) < 4.78 is 0. The van der Waals surface area contributed by atoms with Crippen LogP contribution < -0.4 is 0 Å². The third kappa shape index (κ3) is 3.33. The lowest BCUT2D eigenvalue weighted by molar-refractivity contribution is -0.110. The van der Waals surface area contributed by atoms with Gasteiger partial charge in [-0.25, -0.2) is 0 Å². The molecule has 4 aliphatic carbocycles. The first kappa shape index (κ1) is 20.7. The van der Waals surface area contributed by atoms with Gasteiger partial charge in [-0.3, -0.25) is 0 Å². The molecular formula is C27H44O. The zero-order chi connectivity index (χ0) is 19.9. The van der Waals surface area contributed by atoms with Crippen LogP contribution in [0.3, 0.4) is 0 Å². The van der Waals surface area contributed by atoms with E-state index in [0.717, 1.165) is 42.3 Å². The predicted octanol–water partition coefficient (Wildman–Crippen LogP) is 7.60. The Bertz CT molecular complexity index is 605. The van der Waals surface area contributed by atoms with Crippen LogP contribution in [0.1, 0.15) is 105 Å². The maximum atomic E-state index is 10.9. The maximum Gasteiger partial charge on any atom is 0.122 e. The largest absolute Gasteiger partial charge is 0.303 e. The Balaban J connectivity index is 1.45. The highest BCUT2D eigenvalue weighted by Gasteiger charge is 2.59. The van der Waals surface area contributed by atoms with Gasteiger partial charge in [0.2, 0.25) is 0 Å². The van der Waals surface area contributed by atoms with Gasteiger partial charge < -0.3 is 4.79 Å². The summed E-state index contributed by atoms with van der Waals surface area (Å²) in [5.74, 6) is 4.93. The average Bonchev–Trinajstić information content (AvgIpc) is 3.04. The summed E-state index contributed by atoms with van der Waals surface area (Å²) in [5, 5.41) is 0. The van der Waals surface area contributed by atoms with E-state index >= 15 is 0 Å². The molecule has 0 radical (unpaired) electrons. The number of allylic oxidation sites excluding steroid dienone is 2. The molecule has 0 aromatic carbocycles. The van der Waals surface area contributed by atoms with E-state index in [1.54, 1.807) is 0 Å². The van der Waals surface area contributed by atoms with Crippen molar-refractivity contribution in [3.05, 3.63) is 11.6 Å². The molecule has 0 aromatic rings. The van der Waals surface area contributed by atoms with Crippen LogP contribution in [0.2, 0.25) is 0 Å². The minimum absolute atomic E-state index is 0.246. The molecule has 0 aliphatic heterocycles. The van der Waals surface area contributed by atoms with Crippen molar-refractivity contribution in [1.82, 2.24) is 0 Å². The van der Waals surface area contributed by atoms with E-state index in [2.05, 4.69) is 33.8 Å². The Kier molecular flexibility index (Phi) is 5.85. The highest BCUT2D eigenvalue weighted by Crippen LogP contribution is 2.67. The van der Waals surface area contributed by atoms with Gasteiger partial charge in [-0.2, -0.15) is 0 Å². The smallest absolute Gasteiger partial charge is 0.122 e. The van der Waals surface area contributed by atoms with E-state index in [9.17, 15) is 4.79 Å². The number of carbonyl (C=O) groups excluding carboxylic acids is 1. The van der Waals surface area contributed by atoms with E-state index < -0.39 is 0 Å². The number of rotatable bonds is 6. The summed E-state index contributed by atoms with van der Waals surface area (Å²) in [5.41, 5.74) is 2.97. The van der Waals surface area contributed by atoms with Crippen LogP contribution in [0.25, 0.3) is 0 Å². The van der Waals surface area contributed by atoms with Crippen LogP contribution in [-0.4, -0.2) is 6.29 Å². The van der Waals surface area contributed by atoms with Gasteiger partial charge in [-0.15, -0.1) is 0 Å². The summed E-state index contributed by atoms with van der Waals surface area (Å²) in [6.07, 6.45) is 20.4. The Morgan fingerprint density at radius 2 is 1.89 bits per heavy atom. The van der Waals surface area contributed by atoms with Crippen molar-refractivity contribution < 1.29 is 4.79 Å². The van der Waals surface area contributed by atoms with Gasteiger partial charge in [0.1, 0.15) is 6.29 Å². The lowest BCUT2D eigenvalue weighted by Crippen LogP contribution is -2.50. The minimum Gasteiger partial charge on any atom is -0.303 e. The molecule has 3 fully saturated rings. The van der Waals surface area contributed by atoms with Crippen LogP contribution in [0.15, 0.2) is 11.6 Å². The summed E-state index contributed by atoms with van der Waals surface area (Å²) in [6.45, 7) is 9.93. The normalized spacial score (nSPS) is 44.6. The molecule has 0 spiro atoms. The fourth-order valence-electron chi connectivity index (χ4n) is 8.76. The molecule has 0 N–H and O–H groups in total. The molecule has 28 heavy (non-hydrogen) atoms. The Labute approximate surface area is 174 Å². The van der Waals surface area contributed by atoms with E-state index in [1.165, 1.54) is 70.6 Å². The van der Waals surface area contributed by atoms with Gasteiger partial charge in [0.15, 0.2) is 0 Å². The topological polar surface area (TPSA) is 17.1 Å². The van der Waals surface area contributed by atoms with Gasteiger partial charge in [-0.1, -0.05) is 52.2 Å². The van der Waals surface area contributed by atoms with E-state index in [1.807, 2.05) is 5.57 Å². The van der Waals surface area contributed by atoms with Gasteiger partial charge >= 0.3 is 0 Å². The van der Waals surface area contributed by atoms with Gasteiger partial charge in [0.05, 0.1) is 0 Å². The molecule has 158 valence electrons. The standard InChI is InChI=1S/C27H44O/c1-19(18-28)8-7-9-20(2)23-13-14-24-22-12-11-21-10-5-6-16-26(21,3)25(22)15-17-27(23,24)4/h10,18-20,22-25H,5-9,11-17H2,1-4H3/t19?,20-,22+,23-,24+,25+,26+,27-/m1/s1. The minimum atomic E-state index is 0.246. The molecule has 4 rings (SSSR count). The second-order valence-electron chi connectivity index (χ2n) is 11.7. The highest BCUT2D eigenvalue weighted by atomic mass is 16.1. The molecule has 4 aliphatic rings. The molecule has 0 bridgehead atoms. The Hall–Kier alpha value is -0.590. The molecule has 0 aromatic heterocycles. The van der Waals surface area contributed by atoms with Gasteiger partial charge in [0.25, 0.3) is 0 Å². The molecule has 0 amide bonds. The van der Waals surface area contributed by atoms with Crippen molar-refractivity contribution in [2.45, 2.75) is 105 Å². The molecular weight excluding hydrogens is 340 g/mol. The highest BCUT2D eigenvalue weighted by molar-refractivity contribution is 5.52. The van der Waals surface area contributed by atoms with Crippen molar-refractivity contribution in [2.75, 3.05) is 0 Å². The third-order valence-electron chi connectivity index (χ3n) is 10.3. The van der Waals surface area contributed by atoms with Crippen LogP contribution >= 0.6 is 0 Å². The molecule has 1 nitrogen and oxygen atoms in total. The third-order valence-corrected chi connectivity index (χ3v) is 10.3. The first-order valence-corrected chi connectivity index (χ1v) is 12.5. The SMILES string of the molecule is CC(C=O)CCC[C@@H](C)[C@H]1CC[C@H]2[C@@H]3CCC4=CCCC[C@]4(C)[C@H]3CC[C@]12C. The molecule has 0 saturated heterocycles. The molecule has 8 atom stereocenters. The van der Waals surface area contributed by atoms with Crippen molar-refractivity contribution in [2.24, 2.45) is 46.3 Å². The second-order valence-corrected chi connectivity index (χ2v) is 11.7. The number of carbonyl (C=O) groups is 1. The van der Waals surface area contributed by atoms with Crippen molar-refractivity contribution in [3.8, 4) is 0 Å². The maximum absolute atomic E-state index is 10.9. The van der Waals surface area contributed by atoms with Gasteiger partial charge in [0, 0.05) is 5.92 Å². The van der Waals surface area contributed by atoms with E-state index in [4.69, 9.17) is 0 Å². The molecule has 1 unspecified atom stereocenters. The zero-order valence-corrected chi connectivity index (χ0v) is 19.0. The Morgan fingerprint density at radius 3 is 2.68 bits per heavy atom.